The number of aliphatic hydroxyl groups excluding tert-OH is 6. The maximum atomic E-state index is 11.9. The fraction of sp³-hybridized carbons (Fsp3) is 0.875. The van der Waals surface area contributed by atoms with Gasteiger partial charge >= 0.3 is 0 Å². The summed E-state index contributed by atoms with van der Waals surface area (Å²) in [6.45, 7) is 7.33. The predicted octanol–water partition coefficient (Wildman–Crippen LogP) is -1.00. The van der Waals surface area contributed by atoms with Crippen molar-refractivity contribution in [2.24, 2.45) is 11.3 Å². The molecule has 0 bridgehead atoms. The van der Waals surface area contributed by atoms with E-state index in [9.17, 15) is 35.4 Å². The third-order valence-electron chi connectivity index (χ3n) is 7.29. The largest absolute Gasteiger partial charge is 0.388 e. The second-order valence-electron chi connectivity index (χ2n) is 10.7. The van der Waals surface area contributed by atoms with Crippen LogP contribution in [0, 0.1) is 11.3 Å². The molecular weight excluding hydrogens is 464 g/mol. The molecule has 2 aliphatic heterocycles. The van der Waals surface area contributed by atoms with Gasteiger partial charge in [0.1, 0.15) is 42.7 Å². The van der Waals surface area contributed by atoms with E-state index in [2.05, 4.69) is 13.8 Å². The van der Waals surface area contributed by atoms with Gasteiger partial charge in [-0.15, -0.1) is 0 Å². The van der Waals surface area contributed by atoms with Gasteiger partial charge in [-0.25, -0.2) is 0 Å². The zero-order valence-electron chi connectivity index (χ0n) is 20.7. The van der Waals surface area contributed by atoms with Crippen LogP contribution in [0.2, 0.25) is 0 Å². The minimum atomic E-state index is -1.56. The highest BCUT2D eigenvalue weighted by atomic mass is 16.7. The Kier molecular flexibility index (Phi) is 9.47. The lowest BCUT2D eigenvalue weighted by atomic mass is 9.66. The number of hydrogen-bond donors (Lipinski definition) is 6. The molecule has 0 aromatic rings. The predicted molar refractivity (Wildman–Crippen MR) is 121 cm³/mol. The molecule has 2 fully saturated rings. The van der Waals surface area contributed by atoms with Crippen LogP contribution in [0.3, 0.4) is 0 Å². The van der Waals surface area contributed by atoms with Gasteiger partial charge in [0.25, 0.3) is 0 Å². The molecule has 1 aliphatic carbocycles. The van der Waals surface area contributed by atoms with Crippen molar-refractivity contribution in [2.45, 2.75) is 108 Å². The van der Waals surface area contributed by atoms with Crippen molar-refractivity contribution in [2.75, 3.05) is 13.2 Å². The molecule has 0 radical (unpaired) electrons. The third-order valence-corrected chi connectivity index (χ3v) is 7.29. The first kappa shape index (κ1) is 28.6. The van der Waals surface area contributed by atoms with E-state index in [0.717, 1.165) is 12.0 Å². The average molecular weight is 505 g/mol. The van der Waals surface area contributed by atoms with E-state index in [1.807, 2.05) is 13.8 Å². The van der Waals surface area contributed by atoms with Gasteiger partial charge in [0.15, 0.2) is 18.4 Å². The van der Waals surface area contributed by atoms with E-state index in [0.29, 0.717) is 12.8 Å². The topological polar surface area (TPSA) is 175 Å². The zero-order valence-corrected chi connectivity index (χ0v) is 20.7. The van der Waals surface area contributed by atoms with Crippen LogP contribution in [0.1, 0.15) is 47.0 Å². The molecule has 0 saturated carbocycles. The summed E-state index contributed by atoms with van der Waals surface area (Å²) in [5.41, 5.74) is 0.863. The van der Waals surface area contributed by atoms with Crippen LogP contribution in [0.5, 0.6) is 0 Å². The van der Waals surface area contributed by atoms with Crippen molar-refractivity contribution in [3.8, 4) is 0 Å². The number of carbonyl (C=O) groups excluding carboxylic acids is 1. The average Bonchev–Trinajstić information content (AvgIpc) is 2.76. The Labute approximate surface area is 205 Å². The molecule has 0 amide bonds. The summed E-state index contributed by atoms with van der Waals surface area (Å²) in [5.74, 6) is 0.331. The van der Waals surface area contributed by atoms with Crippen LogP contribution in [0.25, 0.3) is 0 Å². The molecular formula is C24H40O11. The second kappa shape index (κ2) is 11.6. The molecule has 6 N–H and O–H groups in total. The highest BCUT2D eigenvalue weighted by Crippen LogP contribution is 2.42. The Morgan fingerprint density at radius 3 is 2.34 bits per heavy atom. The van der Waals surface area contributed by atoms with Crippen molar-refractivity contribution >= 4 is 5.78 Å². The Hall–Kier alpha value is -0.990. The number of hydrogen-bond acceptors (Lipinski definition) is 11. The molecule has 3 rings (SSSR count). The molecule has 35 heavy (non-hydrogen) atoms. The molecule has 0 aromatic heterocycles. The standard InChI is InChI=1S/C24H40O11/c1-11-7-13(25)8-24(3,4)14(11)6-5-12(2)34-23-21(31)19(29)18(28)16(35-23)10-33-22-20(30)17(27)15(26)9-32-22/h7,12,14-23,26-31H,5-6,8-10H2,1-4H3/t12-,14-,15-,16-,17+,18-,19+,20-,21-,22+,23-/m1/s1. The van der Waals surface area contributed by atoms with Gasteiger partial charge < -0.3 is 49.6 Å². The lowest BCUT2D eigenvalue weighted by Gasteiger charge is -2.42. The van der Waals surface area contributed by atoms with Crippen molar-refractivity contribution in [1.29, 1.82) is 0 Å². The summed E-state index contributed by atoms with van der Waals surface area (Å²) in [5, 5.41) is 60.4. The quantitative estimate of drug-likeness (QED) is 0.239. The highest BCUT2D eigenvalue weighted by Gasteiger charge is 2.46. The van der Waals surface area contributed by atoms with Crippen molar-refractivity contribution in [1.82, 2.24) is 0 Å². The van der Waals surface area contributed by atoms with Gasteiger partial charge in [-0.1, -0.05) is 19.4 Å². The van der Waals surface area contributed by atoms with Gasteiger partial charge in [0, 0.05) is 6.42 Å². The normalized spacial score (nSPS) is 43.0. The van der Waals surface area contributed by atoms with Gasteiger partial charge in [-0.3, -0.25) is 4.79 Å². The first-order valence-corrected chi connectivity index (χ1v) is 12.2. The van der Waals surface area contributed by atoms with Crippen molar-refractivity contribution < 1.29 is 54.4 Å². The molecule has 2 saturated heterocycles. The first-order valence-electron chi connectivity index (χ1n) is 12.2. The summed E-state index contributed by atoms with van der Waals surface area (Å²) in [4.78, 5) is 11.9. The van der Waals surface area contributed by atoms with E-state index >= 15 is 0 Å². The summed E-state index contributed by atoms with van der Waals surface area (Å²) in [7, 11) is 0. The third kappa shape index (κ3) is 6.67. The zero-order chi connectivity index (χ0) is 26.1. The minimum absolute atomic E-state index is 0.129. The first-order chi connectivity index (χ1) is 16.3. The van der Waals surface area contributed by atoms with Crippen LogP contribution in [0.4, 0.5) is 0 Å². The van der Waals surface area contributed by atoms with Crippen LogP contribution < -0.4 is 0 Å². The summed E-state index contributed by atoms with van der Waals surface area (Å²) < 4.78 is 22.1. The van der Waals surface area contributed by atoms with Gasteiger partial charge in [0.2, 0.25) is 0 Å². The van der Waals surface area contributed by atoms with E-state index in [4.69, 9.17) is 18.9 Å². The van der Waals surface area contributed by atoms with Gasteiger partial charge in [-0.2, -0.15) is 0 Å². The maximum Gasteiger partial charge on any atom is 0.186 e. The summed E-state index contributed by atoms with van der Waals surface area (Å²) in [6.07, 6.45) is -9.21. The lowest BCUT2D eigenvalue weighted by molar-refractivity contribution is -0.327. The van der Waals surface area contributed by atoms with Crippen LogP contribution in [-0.2, 0) is 23.7 Å². The Morgan fingerprint density at radius 2 is 1.69 bits per heavy atom. The van der Waals surface area contributed by atoms with Crippen LogP contribution in [-0.4, -0.2) is 111 Å². The lowest BCUT2D eigenvalue weighted by Crippen LogP contribution is -2.60. The molecule has 0 aromatic carbocycles. The highest BCUT2D eigenvalue weighted by molar-refractivity contribution is 5.91. The molecule has 202 valence electrons. The van der Waals surface area contributed by atoms with E-state index in [1.165, 1.54) is 0 Å². The molecule has 0 unspecified atom stereocenters. The van der Waals surface area contributed by atoms with Gasteiger partial charge in [0.05, 0.1) is 19.3 Å². The van der Waals surface area contributed by atoms with E-state index < -0.39 is 55.3 Å². The number of ether oxygens (including phenoxy) is 4. The smallest absolute Gasteiger partial charge is 0.186 e. The molecule has 11 atom stereocenters. The van der Waals surface area contributed by atoms with Crippen molar-refractivity contribution in [3.05, 3.63) is 11.6 Å². The van der Waals surface area contributed by atoms with Crippen LogP contribution in [0.15, 0.2) is 11.6 Å². The maximum absolute atomic E-state index is 11.9. The Balaban J connectivity index is 1.55. The van der Waals surface area contributed by atoms with E-state index in [1.54, 1.807) is 6.08 Å². The SMILES string of the molecule is CC1=CC(=O)CC(C)(C)[C@@H]1CC[C@@H](C)O[C@@H]1O[C@H](CO[C@@H]2OC[C@@H](O)[C@H](O)[C@H]2O)[C@@H](O)[C@H](O)[C@H]1O. The second-order valence-corrected chi connectivity index (χ2v) is 10.7. The number of aliphatic hydroxyl groups is 6. The van der Waals surface area contributed by atoms with Crippen molar-refractivity contribution in [3.63, 3.8) is 0 Å². The Bertz CT molecular complexity index is 756. The molecule has 11 nitrogen and oxygen atoms in total. The molecule has 3 aliphatic rings. The fourth-order valence-corrected chi connectivity index (χ4v) is 5.19. The molecule has 11 heteroatoms. The molecule has 2 heterocycles. The van der Waals surface area contributed by atoms with Crippen LogP contribution >= 0.6 is 0 Å². The Morgan fingerprint density at radius 1 is 1.03 bits per heavy atom. The fourth-order valence-electron chi connectivity index (χ4n) is 5.19. The molecule has 0 spiro atoms. The number of allylic oxidation sites excluding steroid dienone is 2. The number of ketones is 1. The number of carbonyl (C=O) groups is 1. The summed E-state index contributed by atoms with van der Waals surface area (Å²) in [6, 6.07) is 0. The monoisotopic (exact) mass is 504 g/mol. The summed E-state index contributed by atoms with van der Waals surface area (Å²) >= 11 is 0. The van der Waals surface area contributed by atoms with Gasteiger partial charge in [-0.05, 0) is 44.1 Å². The minimum Gasteiger partial charge on any atom is -0.388 e. The number of rotatable bonds is 8. The van der Waals surface area contributed by atoms with E-state index in [-0.39, 0.29) is 36.4 Å².